The number of carbonyl (C=O) groups is 1. The number of nitrogens with zero attached hydrogens (tertiary/aromatic N) is 3. The van der Waals surface area contributed by atoms with E-state index in [1.807, 2.05) is 43.3 Å². The van der Waals surface area contributed by atoms with Crippen molar-refractivity contribution in [3.8, 4) is 0 Å². The van der Waals surface area contributed by atoms with Crippen LogP contribution in [0.4, 0.5) is 0 Å². The van der Waals surface area contributed by atoms with Gasteiger partial charge in [-0.1, -0.05) is 53.5 Å². The number of halogens is 2. The van der Waals surface area contributed by atoms with Crippen LogP contribution in [0.3, 0.4) is 0 Å². The molecule has 2 heterocycles. The van der Waals surface area contributed by atoms with Crippen LogP contribution in [0.1, 0.15) is 32.9 Å². The first-order valence-corrected chi connectivity index (χ1v) is 9.96. The van der Waals surface area contributed by atoms with E-state index < -0.39 is 5.97 Å². The number of carboxylic acids is 1. The zero-order valence-corrected chi connectivity index (χ0v) is 17.5. The van der Waals surface area contributed by atoms with Crippen LogP contribution in [0.25, 0.3) is 23.1 Å². The Kier molecular flexibility index (Phi) is 5.57. The zero-order chi connectivity index (χ0) is 21.3. The molecule has 7 heteroatoms. The Morgan fingerprint density at radius 1 is 1.10 bits per heavy atom. The van der Waals surface area contributed by atoms with E-state index in [1.165, 1.54) is 0 Å². The number of rotatable bonds is 5. The van der Waals surface area contributed by atoms with Gasteiger partial charge in [0.1, 0.15) is 5.15 Å². The monoisotopic (exact) mass is 437 g/mol. The van der Waals surface area contributed by atoms with Crippen molar-refractivity contribution in [3.05, 3.63) is 92.9 Å². The number of para-hydroxylation sites is 1. The van der Waals surface area contributed by atoms with E-state index in [0.29, 0.717) is 33.3 Å². The van der Waals surface area contributed by atoms with Crippen molar-refractivity contribution in [3.63, 3.8) is 0 Å². The summed E-state index contributed by atoms with van der Waals surface area (Å²) in [6, 6.07) is 16.2. The minimum atomic E-state index is -0.992. The standard InChI is InChI=1S/C23H17Cl2N3O2/c1-14-18(22(25)28(27-14)13-15-6-8-16(24)9-7-15)11-10-17-12-20(23(29)30)19-4-2-3-5-21(19)26-17/h2-12H,13H2,1H3,(H,29,30)/b11-10+. The van der Waals surface area contributed by atoms with Gasteiger partial charge >= 0.3 is 5.97 Å². The van der Waals surface area contributed by atoms with Gasteiger partial charge < -0.3 is 5.11 Å². The molecule has 0 spiro atoms. The molecule has 2 aromatic carbocycles. The summed E-state index contributed by atoms with van der Waals surface area (Å²) >= 11 is 12.5. The highest BCUT2D eigenvalue weighted by atomic mass is 35.5. The lowest BCUT2D eigenvalue weighted by atomic mass is 10.1. The van der Waals surface area contributed by atoms with E-state index >= 15 is 0 Å². The summed E-state index contributed by atoms with van der Waals surface area (Å²) < 4.78 is 1.72. The van der Waals surface area contributed by atoms with Crippen LogP contribution < -0.4 is 0 Å². The van der Waals surface area contributed by atoms with Crippen molar-refractivity contribution >= 4 is 52.2 Å². The predicted octanol–water partition coefficient (Wildman–Crippen LogP) is 5.96. The molecule has 4 rings (SSSR count). The number of aryl methyl sites for hydroxylation is 1. The molecule has 30 heavy (non-hydrogen) atoms. The lowest BCUT2D eigenvalue weighted by molar-refractivity contribution is 0.0699. The number of benzene rings is 2. The summed E-state index contributed by atoms with van der Waals surface area (Å²) in [5.41, 5.74) is 3.93. The van der Waals surface area contributed by atoms with E-state index in [4.69, 9.17) is 23.2 Å². The quantitative estimate of drug-likeness (QED) is 0.417. The first-order chi connectivity index (χ1) is 14.4. The lowest BCUT2D eigenvalue weighted by Gasteiger charge is -2.04. The van der Waals surface area contributed by atoms with Gasteiger partial charge in [-0.2, -0.15) is 5.10 Å². The molecule has 4 aromatic rings. The fourth-order valence-corrected chi connectivity index (χ4v) is 3.67. The molecule has 0 aliphatic heterocycles. The summed E-state index contributed by atoms with van der Waals surface area (Å²) in [6.45, 7) is 2.39. The third-order valence-electron chi connectivity index (χ3n) is 4.74. The summed E-state index contributed by atoms with van der Waals surface area (Å²) in [5, 5.41) is 15.8. The normalized spacial score (nSPS) is 11.4. The number of hydrogen-bond acceptors (Lipinski definition) is 3. The molecule has 0 saturated carbocycles. The topological polar surface area (TPSA) is 68.0 Å². The van der Waals surface area contributed by atoms with Crippen molar-refractivity contribution in [2.45, 2.75) is 13.5 Å². The van der Waals surface area contributed by atoms with Gasteiger partial charge in [0.15, 0.2) is 0 Å². The molecule has 0 saturated heterocycles. The zero-order valence-electron chi connectivity index (χ0n) is 16.0. The minimum Gasteiger partial charge on any atom is -0.478 e. The molecule has 150 valence electrons. The molecule has 5 nitrogen and oxygen atoms in total. The van der Waals surface area contributed by atoms with Crippen LogP contribution in [0, 0.1) is 6.92 Å². The SMILES string of the molecule is Cc1nn(Cc2ccc(Cl)cc2)c(Cl)c1/C=C/c1cc(C(=O)O)c2ccccc2n1. The summed E-state index contributed by atoms with van der Waals surface area (Å²) in [7, 11) is 0. The van der Waals surface area contributed by atoms with Crippen molar-refractivity contribution in [1.29, 1.82) is 0 Å². The van der Waals surface area contributed by atoms with Gasteiger partial charge in [0, 0.05) is 16.0 Å². The molecule has 0 atom stereocenters. The minimum absolute atomic E-state index is 0.210. The van der Waals surface area contributed by atoms with Crippen molar-refractivity contribution in [2.24, 2.45) is 0 Å². The Hall–Kier alpha value is -3.15. The van der Waals surface area contributed by atoms with E-state index in [-0.39, 0.29) is 5.56 Å². The molecule has 1 N–H and O–H groups in total. The first-order valence-electron chi connectivity index (χ1n) is 9.21. The second-order valence-corrected chi connectivity index (χ2v) is 7.62. The Balaban J connectivity index is 1.67. The summed E-state index contributed by atoms with van der Waals surface area (Å²) in [6.07, 6.45) is 3.56. The summed E-state index contributed by atoms with van der Waals surface area (Å²) in [5.74, 6) is -0.992. The third kappa shape index (κ3) is 4.08. The van der Waals surface area contributed by atoms with Gasteiger partial charge in [-0.05, 0) is 48.9 Å². The van der Waals surface area contributed by atoms with E-state index in [9.17, 15) is 9.90 Å². The lowest BCUT2D eigenvalue weighted by Crippen LogP contribution is -2.01. The van der Waals surface area contributed by atoms with Crippen molar-refractivity contribution in [2.75, 3.05) is 0 Å². The highest BCUT2D eigenvalue weighted by Gasteiger charge is 2.13. The average Bonchev–Trinajstić information content (AvgIpc) is 3.00. The van der Waals surface area contributed by atoms with Gasteiger partial charge in [0.05, 0.1) is 29.0 Å². The second-order valence-electron chi connectivity index (χ2n) is 6.82. The van der Waals surface area contributed by atoms with Crippen LogP contribution >= 0.6 is 23.2 Å². The summed E-state index contributed by atoms with van der Waals surface area (Å²) in [4.78, 5) is 16.2. The maximum atomic E-state index is 11.7. The fourth-order valence-electron chi connectivity index (χ4n) is 3.25. The van der Waals surface area contributed by atoms with E-state index in [1.54, 1.807) is 35.0 Å². The molecule has 0 amide bonds. The molecule has 0 bridgehead atoms. The van der Waals surface area contributed by atoms with Gasteiger partial charge in [0.2, 0.25) is 0 Å². The number of aromatic nitrogens is 3. The Morgan fingerprint density at radius 3 is 2.57 bits per heavy atom. The number of fused-ring (bicyclic) bond motifs is 1. The maximum absolute atomic E-state index is 11.7. The van der Waals surface area contributed by atoms with Gasteiger partial charge in [-0.15, -0.1) is 0 Å². The van der Waals surface area contributed by atoms with Crippen LogP contribution in [-0.2, 0) is 6.54 Å². The number of aromatic carboxylic acids is 1. The van der Waals surface area contributed by atoms with Crippen molar-refractivity contribution in [1.82, 2.24) is 14.8 Å². The van der Waals surface area contributed by atoms with Gasteiger partial charge in [-0.25, -0.2) is 14.5 Å². The molecule has 0 aliphatic rings. The average molecular weight is 438 g/mol. The van der Waals surface area contributed by atoms with Gasteiger partial charge in [-0.3, -0.25) is 0 Å². The maximum Gasteiger partial charge on any atom is 0.336 e. The highest BCUT2D eigenvalue weighted by Crippen LogP contribution is 2.25. The van der Waals surface area contributed by atoms with Crippen LogP contribution in [0.2, 0.25) is 10.2 Å². The largest absolute Gasteiger partial charge is 0.478 e. The van der Waals surface area contributed by atoms with Crippen LogP contribution in [0.5, 0.6) is 0 Å². The number of pyridine rings is 1. The molecular weight excluding hydrogens is 421 g/mol. The Labute approximate surface area is 183 Å². The first kappa shape index (κ1) is 20.1. The Morgan fingerprint density at radius 2 is 1.83 bits per heavy atom. The van der Waals surface area contributed by atoms with E-state index in [0.717, 1.165) is 16.8 Å². The molecular formula is C23H17Cl2N3O2. The molecule has 0 aliphatic carbocycles. The molecule has 2 aromatic heterocycles. The Bertz CT molecular complexity index is 1280. The molecule has 0 unspecified atom stereocenters. The molecule has 0 fully saturated rings. The smallest absolute Gasteiger partial charge is 0.336 e. The van der Waals surface area contributed by atoms with Crippen molar-refractivity contribution < 1.29 is 9.90 Å². The second kappa shape index (κ2) is 8.30. The number of carboxylic acid groups (broad SMARTS) is 1. The van der Waals surface area contributed by atoms with Gasteiger partial charge in [0.25, 0.3) is 0 Å². The predicted molar refractivity (Wildman–Crippen MR) is 120 cm³/mol. The van der Waals surface area contributed by atoms with Crippen LogP contribution in [0.15, 0.2) is 54.6 Å². The number of hydrogen-bond donors (Lipinski definition) is 1. The van der Waals surface area contributed by atoms with E-state index in [2.05, 4.69) is 10.1 Å². The highest BCUT2D eigenvalue weighted by molar-refractivity contribution is 6.31. The van der Waals surface area contributed by atoms with Crippen LogP contribution in [-0.4, -0.2) is 25.8 Å². The molecule has 0 radical (unpaired) electrons. The third-order valence-corrected chi connectivity index (χ3v) is 5.39. The fraction of sp³-hybridized carbons (Fsp3) is 0.0870.